The highest BCUT2D eigenvalue weighted by molar-refractivity contribution is 6.06. The topological polar surface area (TPSA) is 34.9 Å². The summed E-state index contributed by atoms with van der Waals surface area (Å²) in [5, 5.41) is 1.97. The van der Waals surface area contributed by atoms with Crippen molar-refractivity contribution in [1.29, 1.82) is 0 Å². The number of carbonyl (C=O) groups excluding carboxylic acids is 1. The van der Waals surface area contributed by atoms with E-state index in [1.807, 2.05) is 68.4 Å². The van der Waals surface area contributed by atoms with Crippen LogP contribution in [0.25, 0.3) is 33.2 Å². The van der Waals surface area contributed by atoms with Crippen LogP contribution in [0.4, 0.5) is 8.78 Å². The molecule has 31 heavy (non-hydrogen) atoms. The van der Waals surface area contributed by atoms with Gasteiger partial charge < -0.3 is 0 Å². The zero-order valence-corrected chi connectivity index (χ0v) is 17.0. The van der Waals surface area contributed by atoms with E-state index in [9.17, 15) is 13.6 Å². The van der Waals surface area contributed by atoms with Crippen molar-refractivity contribution in [1.82, 2.24) is 9.55 Å². The van der Waals surface area contributed by atoms with E-state index < -0.39 is 17.5 Å². The number of nitrogens with zero attached hydrogens (tertiary/aromatic N) is 2. The van der Waals surface area contributed by atoms with Crippen LogP contribution in [-0.2, 0) is 0 Å². The Morgan fingerprint density at radius 3 is 2.39 bits per heavy atom. The van der Waals surface area contributed by atoms with Gasteiger partial charge in [0, 0.05) is 11.1 Å². The van der Waals surface area contributed by atoms with Gasteiger partial charge in [0.25, 0.3) is 5.91 Å². The summed E-state index contributed by atoms with van der Waals surface area (Å²) in [5.41, 5.74) is 4.21. The van der Waals surface area contributed by atoms with E-state index in [4.69, 9.17) is 4.98 Å². The molecule has 5 aromatic rings. The summed E-state index contributed by atoms with van der Waals surface area (Å²) in [6.45, 7) is 3.95. The van der Waals surface area contributed by atoms with Crippen LogP contribution in [-0.4, -0.2) is 15.5 Å². The van der Waals surface area contributed by atoms with Crippen LogP contribution in [0.15, 0.2) is 72.8 Å². The number of rotatable bonds is 2. The SMILES string of the molecule is Cc1cc2nc(-c3cccc4ccccc34)n(C(=O)c3ccc(F)c(F)c3)c2cc1C. The average Bonchev–Trinajstić information content (AvgIpc) is 3.13. The number of hydrogen-bond acceptors (Lipinski definition) is 2. The molecule has 0 aliphatic carbocycles. The molecule has 0 aliphatic rings. The fraction of sp³-hybridized carbons (Fsp3) is 0.0769. The van der Waals surface area contributed by atoms with Crippen molar-refractivity contribution in [2.24, 2.45) is 0 Å². The third-order valence-electron chi connectivity index (χ3n) is 5.67. The molecule has 0 aliphatic heterocycles. The van der Waals surface area contributed by atoms with Crippen LogP contribution >= 0.6 is 0 Å². The lowest BCUT2D eigenvalue weighted by atomic mass is 10.0. The zero-order valence-electron chi connectivity index (χ0n) is 17.0. The van der Waals surface area contributed by atoms with Gasteiger partial charge in [-0.25, -0.2) is 13.8 Å². The van der Waals surface area contributed by atoms with Crippen molar-refractivity contribution in [3.8, 4) is 11.4 Å². The summed E-state index contributed by atoms with van der Waals surface area (Å²) < 4.78 is 28.9. The third kappa shape index (κ3) is 3.10. The Hall–Kier alpha value is -3.86. The van der Waals surface area contributed by atoms with Gasteiger partial charge in [0.15, 0.2) is 11.6 Å². The maximum atomic E-state index is 13.9. The molecular formula is C26H18F2N2O. The standard InChI is InChI=1S/C26H18F2N2O/c1-15-12-23-24(13-16(15)2)30(26(31)18-10-11-21(27)22(28)14-18)25(29-23)20-9-5-7-17-6-3-4-8-19(17)20/h3-14H,1-2H3. The maximum absolute atomic E-state index is 13.9. The molecule has 0 atom stereocenters. The van der Waals surface area contributed by atoms with Crippen LogP contribution in [0.5, 0.6) is 0 Å². The second kappa shape index (κ2) is 7.13. The first-order chi connectivity index (χ1) is 14.9. The van der Waals surface area contributed by atoms with Gasteiger partial charge in [-0.2, -0.15) is 0 Å². The number of benzene rings is 4. The quantitative estimate of drug-likeness (QED) is 0.334. The van der Waals surface area contributed by atoms with Gasteiger partial charge in [-0.05, 0) is 66.1 Å². The Bertz CT molecular complexity index is 1500. The lowest BCUT2D eigenvalue weighted by Crippen LogP contribution is -2.14. The lowest BCUT2D eigenvalue weighted by Gasteiger charge is -2.11. The third-order valence-corrected chi connectivity index (χ3v) is 5.67. The fourth-order valence-corrected chi connectivity index (χ4v) is 3.90. The predicted molar refractivity (Wildman–Crippen MR) is 118 cm³/mol. The van der Waals surface area contributed by atoms with Gasteiger partial charge in [-0.3, -0.25) is 9.36 Å². The van der Waals surface area contributed by atoms with Crippen molar-refractivity contribution < 1.29 is 13.6 Å². The van der Waals surface area contributed by atoms with E-state index >= 15 is 0 Å². The molecule has 0 bridgehead atoms. The molecule has 152 valence electrons. The minimum atomic E-state index is -1.06. The van der Waals surface area contributed by atoms with Crippen LogP contribution in [0, 0.1) is 25.5 Å². The van der Waals surface area contributed by atoms with E-state index in [-0.39, 0.29) is 5.56 Å². The van der Waals surface area contributed by atoms with Crippen LogP contribution in [0.2, 0.25) is 0 Å². The fourth-order valence-electron chi connectivity index (χ4n) is 3.90. The van der Waals surface area contributed by atoms with Crippen LogP contribution in [0.1, 0.15) is 21.5 Å². The molecule has 1 aromatic heterocycles. The highest BCUT2D eigenvalue weighted by Gasteiger charge is 2.22. The van der Waals surface area contributed by atoms with Crippen LogP contribution in [0.3, 0.4) is 0 Å². The molecule has 5 heteroatoms. The summed E-state index contributed by atoms with van der Waals surface area (Å²) in [7, 11) is 0. The molecule has 0 fully saturated rings. The van der Waals surface area contributed by atoms with Gasteiger partial charge in [-0.15, -0.1) is 0 Å². The zero-order chi connectivity index (χ0) is 21.7. The summed E-state index contributed by atoms with van der Waals surface area (Å²) in [6.07, 6.45) is 0. The average molecular weight is 412 g/mol. The summed E-state index contributed by atoms with van der Waals surface area (Å²) >= 11 is 0. The first kappa shape index (κ1) is 19.1. The number of halogens is 2. The first-order valence-electron chi connectivity index (χ1n) is 9.91. The van der Waals surface area contributed by atoms with E-state index in [0.717, 1.165) is 39.6 Å². The second-order valence-corrected chi connectivity index (χ2v) is 7.66. The molecule has 1 heterocycles. The molecule has 0 spiro atoms. The minimum absolute atomic E-state index is 0.0536. The van der Waals surface area contributed by atoms with Crippen LogP contribution < -0.4 is 0 Å². The van der Waals surface area contributed by atoms with Gasteiger partial charge in [0.05, 0.1) is 11.0 Å². The second-order valence-electron chi connectivity index (χ2n) is 7.66. The molecule has 5 rings (SSSR count). The highest BCUT2D eigenvalue weighted by Crippen LogP contribution is 2.32. The van der Waals surface area contributed by atoms with E-state index in [1.165, 1.54) is 10.6 Å². The highest BCUT2D eigenvalue weighted by atomic mass is 19.2. The summed E-state index contributed by atoms with van der Waals surface area (Å²) in [6, 6.07) is 20.7. The number of fused-ring (bicyclic) bond motifs is 2. The van der Waals surface area contributed by atoms with Crippen molar-refractivity contribution in [2.75, 3.05) is 0 Å². The number of imidazole rings is 1. The molecule has 4 aromatic carbocycles. The van der Waals surface area contributed by atoms with E-state index in [0.29, 0.717) is 16.9 Å². The molecule has 0 amide bonds. The summed E-state index contributed by atoms with van der Waals surface area (Å²) in [4.78, 5) is 18.3. The van der Waals surface area contributed by atoms with Gasteiger partial charge in [0.2, 0.25) is 0 Å². The van der Waals surface area contributed by atoms with Crippen molar-refractivity contribution in [2.45, 2.75) is 13.8 Å². The molecule has 3 nitrogen and oxygen atoms in total. The van der Waals surface area contributed by atoms with E-state index in [2.05, 4.69) is 0 Å². The van der Waals surface area contributed by atoms with Gasteiger partial charge in [-0.1, -0.05) is 42.5 Å². The van der Waals surface area contributed by atoms with Crippen molar-refractivity contribution in [3.05, 3.63) is 101 Å². The maximum Gasteiger partial charge on any atom is 0.264 e. The van der Waals surface area contributed by atoms with Gasteiger partial charge >= 0.3 is 0 Å². The van der Waals surface area contributed by atoms with E-state index in [1.54, 1.807) is 0 Å². The number of aromatic nitrogens is 2. The normalized spacial score (nSPS) is 11.4. The number of hydrogen-bond donors (Lipinski definition) is 0. The van der Waals surface area contributed by atoms with Crippen molar-refractivity contribution in [3.63, 3.8) is 0 Å². The largest absolute Gasteiger partial charge is 0.268 e. The lowest BCUT2D eigenvalue weighted by molar-refractivity contribution is 0.0965. The smallest absolute Gasteiger partial charge is 0.264 e. The Morgan fingerprint density at radius 1 is 0.839 bits per heavy atom. The Labute approximate surface area is 177 Å². The van der Waals surface area contributed by atoms with Crippen molar-refractivity contribution >= 4 is 27.7 Å². The molecule has 0 radical (unpaired) electrons. The Balaban J connectivity index is 1.84. The Morgan fingerprint density at radius 2 is 1.58 bits per heavy atom. The molecule has 0 N–H and O–H groups in total. The minimum Gasteiger partial charge on any atom is -0.268 e. The molecule has 0 saturated heterocycles. The summed E-state index contributed by atoms with van der Waals surface area (Å²) in [5.74, 6) is -2.05. The predicted octanol–water partition coefficient (Wildman–Crippen LogP) is 6.44. The van der Waals surface area contributed by atoms with Gasteiger partial charge in [0.1, 0.15) is 5.82 Å². The first-order valence-corrected chi connectivity index (χ1v) is 9.91. The molecule has 0 unspecified atom stereocenters. The Kier molecular flexibility index (Phi) is 4.40. The monoisotopic (exact) mass is 412 g/mol. The number of carbonyl (C=O) groups is 1. The molecule has 0 saturated carbocycles. The molecular weight excluding hydrogens is 394 g/mol. The number of aryl methyl sites for hydroxylation is 2.